The number of amides is 1. The van der Waals surface area contributed by atoms with Crippen LogP contribution >= 0.6 is 0 Å². The van der Waals surface area contributed by atoms with E-state index in [0.717, 1.165) is 36.2 Å². The molecule has 1 aromatic heterocycles. The van der Waals surface area contributed by atoms with Crippen LogP contribution in [0, 0.1) is 19.8 Å². The largest absolute Gasteiger partial charge is 0.389 e. The molecular weight excluding hydrogens is 266 g/mol. The first-order valence-corrected chi connectivity index (χ1v) is 7.94. The summed E-state index contributed by atoms with van der Waals surface area (Å²) in [7, 11) is 1.87. The molecule has 1 saturated heterocycles. The lowest BCUT2D eigenvalue weighted by molar-refractivity contribution is -0.0886. The maximum atomic E-state index is 12.8. The number of aromatic nitrogens is 2. The highest BCUT2D eigenvalue weighted by molar-refractivity contribution is 5.96. The summed E-state index contributed by atoms with van der Waals surface area (Å²) < 4.78 is 1.77. The Kier molecular flexibility index (Phi) is 3.56. The molecule has 21 heavy (non-hydrogen) atoms. The molecule has 5 heteroatoms. The minimum absolute atomic E-state index is 0.0747. The molecule has 0 bridgehead atoms. The quantitative estimate of drug-likeness (QED) is 0.858. The number of rotatable bonds is 1. The number of aryl methyl sites for hydroxylation is 2. The molecule has 2 unspecified atom stereocenters. The SMILES string of the molecule is Cc1nn(C)c(C)c1C(=O)N1CCC2(O)CCCCC2C1. The van der Waals surface area contributed by atoms with Crippen LogP contribution in [-0.4, -0.2) is 44.4 Å². The second-order valence-corrected chi connectivity index (χ2v) is 6.72. The molecule has 2 atom stereocenters. The van der Waals surface area contributed by atoms with Gasteiger partial charge in [-0.1, -0.05) is 12.8 Å². The lowest BCUT2D eigenvalue weighted by atomic mass is 9.71. The van der Waals surface area contributed by atoms with Crippen LogP contribution in [0.4, 0.5) is 0 Å². The average molecular weight is 291 g/mol. The third-order valence-electron chi connectivity index (χ3n) is 5.44. The Morgan fingerprint density at radius 2 is 2.10 bits per heavy atom. The van der Waals surface area contributed by atoms with Gasteiger partial charge >= 0.3 is 0 Å². The van der Waals surface area contributed by atoms with E-state index in [1.165, 1.54) is 6.42 Å². The number of likely N-dealkylation sites (tertiary alicyclic amines) is 1. The summed E-state index contributed by atoms with van der Waals surface area (Å²) in [5.41, 5.74) is 1.92. The predicted octanol–water partition coefficient (Wildman–Crippen LogP) is 1.80. The molecule has 1 aromatic rings. The molecule has 1 amide bonds. The Balaban J connectivity index is 1.80. The van der Waals surface area contributed by atoms with E-state index in [9.17, 15) is 9.90 Å². The summed E-state index contributed by atoms with van der Waals surface area (Å²) in [6.07, 6.45) is 4.92. The van der Waals surface area contributed by atoms with E-state index >= 15 is 0 Å². The zero-order chi connectivity index (χ0) is 15.2. The maximum Gasteiger partial charge on any atom is 0.257 e. The highest BCUT2D eigenvalue weighted by atomic mass is 16.3. The fourth-order valence-electron chi connectivity index (χ4n) is 4.00. The van der Waals surface area contributed by atoms with E-state index in [1.807, 2.05) is 25.8 Å². The fourth-order valence-corrected chi connectivity index (χ4v) is 4.00. The molecule has 0 spiro atoms. The number of aliphatic hydroxyl groups is 1. The number of hydrogen-bond donors (Lipinski definition) is 1. The molecule has 116 valence electrons. The summed E-state index contributed by atoms with van der Waals surface area (Å²) in [5.74, 6) is 0.312. The van der Waals surface area contributed by atoms with Crippen molar-refractivity contribution >= 4 is 5.91 Å². The number of nitrogens with zero attached hydrogens (tertiary/aromatic N) is 3. The van der Waals surface area contributed by atoms with Gasteiger partial charge in [0.25, 0.3) is 5.91 Å². The normalized spacial score (nSPS) is 29.3. The topological polar surface area (TPSA) is 58.4 Å². The summed E-state index contributed by atoms with van der Waals surface area (Å²) in [5, 5.41) is 15.1. The maximum absolute atomic E-state index is 12.8. The first-order valence-electron chi connectivity index (χ1n) is 7.94. The van der Waals surface area contributed by atoms with Crippen molar-refractivity contribution < 1.29 is 9.90 Å². The summed E-state index contributed by atoms with van der Waals surface area (Å²) >= 11 is 0. The van der Waals surface area contributed by atoms with Gasteiger partial charge in [-0.15, -0.1) is 0 Å². The van der Waals surface area contributed by atoms with Gasteiger partial charge in [0, 0.05) is 31.7 Å². The van der Waals surface area contributed by atoms with E-state index in [-0.39, 0.29) is 11.8 Å². The third-order valence-corrected chi connectivity index (χ3v) is 5.44. The van der Waals surface area contributed by atoms with Crippen LogP contribution in [0.5, 0.6) is 0 Å². The zero-order valence-corrected chi connectivity index (χ0v) is 13.2. The Morgan fingerprint density at radius 1 is 1.33 bits per heavy atom. The smallest absolute Gasteiger partial charge is 0.257 e. The molecule has 0 aromatic carbocycles. The molecule has 2 heterocycles. The van der Waals surface area contributed by atoms with E-state index in [4.69, 9.17) is 0 Å². The van der Waals surface area contributed by atoms with Crippen LogP contribution in [0.15, 0.2) is 0 Å². The first kappa shape index (κ1) is 14.6. The molecular formula is C16H25N3O2. The highest BCUT2D eigenvalue weighted by Crippen LogP contribution is 2.40. The van der Waals surface area contributed by atoms with Crippen molar-refractivity contribution in [1.82, 2.24) is 14.7 Å². The Labute approximate surface area is 125 Å². The molecule has 2 aliphatic rings. The molecule has 1 N–H and O–H groups in total. The van der Waals surface area contributed by atoms with Crippen molar-refractivity contribution in [3.63, 3.8) is 0 Å². The number of piperidine rings is 1. The Bertz CT molecular complexity index is 566. The van der Waals surface area contributed by atoms with Crippen LogP contribution < -0.4 is 0 Å². The highest BCUT2D eigenvalue weighted by Gasteiger charge is 2.44. The minimum Gasteiger partial charge on any atom is -0.389 e. The molecule has 1 aliphatic carbocycles. The summed E-state index contributed by atoms with van der Waals surface area (Å²) in [6.45, 7) is 5.16. The molecule has 1 aliphatic heterocycles. The average Bonchev–Trinajstić information content (AvgIpc) is 2.70. The van der Waals surface area contributed by atoms with Crippen molar-refractivity contribution in [2.45, 2.75) is 51.6 Å². The molecule has 2 fully saturated rings. The van der Waals surface area contributed by atoms with Gasteiger partial charge in [0.05, 0.1) is 16.9 Å². The number of carbonyl (C=O) groups excluding carboxylic acids is 1. The minimum atomic E-state index is -0.534. The van der Waals surface area contributed by atoms with Crippen molar-refractivity contribution in [2.24, 2.45) is 13.0 Å². The fraction of sp³-hybridized carbons (Fsp3) is 0.750. The van der Waals surface area contributed by atoms with E-state index in [1.54, 1.807) is 4.68 Å². The van der Waals surface area contributed by atoms with Crippen LogP contribution in [-0.2, 0) is 7.05 Å². The molecule has 5 nitrogen and oxygen atoms in total. The van der Waals surface area contributed by atoms with Gasteiger partial charge in [0.2, 0.25) is 0 Å². The molecule has 1 saturated carbocycles. The van der Waals surface area contributed by atoms with Gasteiger partial charge < -0.3 is 10.0 Å². The van der Waals surface area contributed by atoms with Gasteiger partial charge in [-0.2, -0.15) is 5.10 Å². The van der Waals surface area contributed by atoms with E-state index in [2.05, 4.69) is 5.10 Å². The van der Waals surface area contributed by atoms with Crippen molar-refractivity contribution in [3.05, 3.63) is 17.0 Å². The van der Waals surface area contributed by atoms with Crippen molar-refractivity contribution in [2.75, 3.05) is 13.1 Å². The van der Waals surface area contributed by atoms with Crippen LogP contribution in [0.3, 0.4) is 0 Å². The van der Waals surface area contributed by atoms with E-state index < -0.39 is 5.60 Å². The van der Waals surface area contributed by atoms with Gasteiger partial charge in [-0.05, 0) is 33.1 Å². The second kappa shape index (κ2) is 5.13. The first-order chi connectivity index (χ1) is 9.92. The Morgan fingerprint density at radius 3 is 2.76 bits per heavy atom. The van der Waals surface area contributed by atoms with Gasteiger partial charge in [0.1, 0.15) is 0 Å². The van der Waals surface area contributed by atoms with Crippen molar-refractivity contribution in [3.8, 4) is 0 Å². The summed E-state index contributed by atoms with van der Waals surface area (Å²) in [4.78, 5) is 14.7. The molecule has 0 radical (unpaired) electrons. The van der Waals surface area contributed by atoms with Crippen LogP contribution in [0.1, 0.15) is 53.8 Å². The number of carbonyl (C=O) groups is 1. The Hall–Kier alpha value is -1.36. The lowest BCUT2D eigenvalue weighted by Gasteiger charge is -2.47. The number of fused-ring (bicyclic) bond motifs is 1. The standard InChI is InChI=1S/C16H25N3O2/c1-11-14(12(2)18(3)17-11)15(20)19-9-8-16(21)7-5-4-6-13(16)10-19/h13,21H,4-10H2,1-3H3. The molecule has 3 rings (SSSR count). The third kappa shape index (κ3) is 2.37. The van der Waals surface area contributed by atoms with Crippen molar-refractivity contribution in [1.29, 1.82) is 0 Å². The zero-order valence-electron chi connectivity index (χ0n) is 13.2. The predicted molar refractivity (Wildman–Crippen MR) is 80.1 cm³/mol. The lowest BCUT2D eigenvalue weighted by Crippen LogP contribution is -2.54. The van der Waals surface area contributed by atoms with Gasteiger partial charge in [0.15, 0.2) is 0 Å². The van der Waals surface area contributed by atoms with Crippen LogP contribution in [0.2, 0.25) is 0 Å². The number of hydrogen-bond acceptors (Lipinski definition) is 3. The van der Waals surface area contributed by atoms with Gasteiger partial charge in [-0.25, -0.2) is 0 Å². The second-order valence-electron chi connectivity index (χ2n) is 6.72. The van der Waals surface area contributed by atoms with E-state index in [0.29, 0.717) is 19.5 Å². The summed E-state index contributed by atoms with van der Waals surface area (Å²) in [6, 6.07) is 0. The monoisotopic (exact) mass is 291 g/mol. The van der Waals surface area contributed by atoms with Gasteiger partial charge in [-0.3, -0.25) is 9.48 Å². The van der Waals surface area contributed by atoms with Crippen LogP contribution in [0.25, 0.3) is 0 Å².